The third-order valence-electron chi connectivity index (χ3n) is 12.6. The van der Waals surface area contributed by atoms with Gasteiger partial charge >= 0.3 is 0 Å². The first-order valence-electron chi connectivity index (χ1n) is 23.5. The van der Waals surface area contributed by atoms with Crippen LogP contribution in [-0.2, 0) is 0 Å². The molecule has 10 nitrogen and oxygen atoms in total. The van der Waals surface area contributed by atoms with Crippen molar-refractivity contribution in [2.24, 2.45) is 0 Å². The second-order valence-corrected chi connectivity index (χ2v) is 18.3. The number of H-pyrrole nitrogens is 1. The van der Waals surface area contributed by atoms with Crippen molar-refractivity contribution in [1.29, 1.82) is 0 Å². The Morgan fingerprint density at radius 2 is 0.824 bits per heavy atom. The fourth-order valence-corrected chi connectivity index (χ4v) is 9.12. The van der Waals surface area contributed by atoms with Crippen LogP contribution in [0.4, 0.5) is 13.2 Å². The van der Waals surface area contributed by atoms with Crippen molar-refractivity contribution in [2.75, 3.05) is 0 Å². The Hall–Kier alpha value is -9.14. The highest BCUT2D eigenvalue weighted by molar-refractivity contribution is 9.10. The van der Waals surface area contributed by atoms with Crippen molar-refractivity contribution >= 4 is 48.2 Å². The molecule has 1 aliphatic carbocycles. The molecule has 0 saturated heterocycles. The van der Waals surface area contributed by atoms with Gasteiger partial charge in [-0.25, -0.2) is 18.3 Å². The number of pyridine rings is 3. The smallest absolute Gasteiger partial charge is 0.264 e. The van der Waals surface area contributed by atoms with Crippen molar-refractivity contribution in [3.8, 4) is 67.2 Å². The van der Waals surface area contributed by atoms with Gasteiger partial charge in [0.05, 0.1) is 30.0 Å². The van der Waals surface area contributed by atoms with Crippen LogP contribution in [0.5, 0.6) is 0 Å². The van der Waals surface area contributed by atoms with E-state index in [1.807, 2.05) is 103 Å². The molecule has 0 amide bonds. The molecular weight excluding hydrogens is 1000 g/mol. The van der Waals surface area contributed by atoms with Gasteiger partial charge in [-0.1, -0.05) is 109 Å². The molecule has 14 heteroatoms. The first-order valence-corrected chi connectivity index (χ1v) is 24.3. The Kier molecular flexibility index (Phi) is 13.3. The molecule has 0 radical (unpaired) electrons. The summed E-state index contributed by atoms with van der Waals surface area (Å²) in [5.74, 6) is -0.771. The maximum Gasteiger partial charge on any atom is 0.264 e. The second kappa shape index (κ2) is 20.9. The van der Waals surface area contributed by atoms with Gasteiger partial charge in [-0.2, -0.15) is 10.2 Å². The van der Waals surface area contributed by atoms with Gasteiger partial charge in [0, 0.05) is 80.6 Å². The number of nitrogens with one attached hydrogen (secondary N) is 1. The zero-order valence-electron chi connectivity index (χ0n) is 39.0. The van der Waals surface area contributed by atoms with Gasteiger partial charge in [0.25, 0.3) is 5.56 Å². The number of fused-ring (bicyclic) bond motifs is 3. The topological polar surface area (TPSA) is 136 Å². The molecule has 0 aliphatic heterocycles. The molecule has 1 aliphatic rings. The SMILES string of the molecule is Fc1cnccc1-c1cc(Br)nnc1-c1ccc2ccccc2c1.Fc1cnccc1-c1cc(C2CC2)nnc1-c1ccc2ccccc2c1.O=c1cc(-c2ccncc2F)c(-c2ccc3ccccc3c2)n[nH]1. The van der Waals surface area contributed by atoms with E-state index < -0.39 is 5.82 Å². The van der Waals surface area contributed by atoms with Crippen LogP contribution in [0, 0.1) is 17.5 Å². The highest BCUT2D eigenvalue weighted by Crippen LogP contribution is 2.42. The van der Waals surface area contributed by atoms with E-state index in [0.29, 0.717) is 55.4 Å². The summed E-state index contributed by atoms with van der Waals surface area (Å²) in [6, 6.07) is 52.3. The first kappa shape index (κ1) is 47.2. The van der Waals surface area contributed by atoms with E-state index in [4.69, 9.17) is 0 Å². The van der Waals surface area contributed by atoms with Crippen molar-refractivity contribution in [3.05, 3.63) is 239 Å². The van der Waals surface area contributed by atoms with E-state index in [1.165, 1.54) is 30.7 Å². The fourth-order valence-electron chi connectivity index (χ4n) is 8.81. The van der Waals surface area contributed by atoms with E-state index in [2.05, 4.69) is 91.8 Å². The lowest BCUT2D eigenvalue weighted by atomic mass is 9.97. The molecule has 13 rings (SSSR count). The number of halogens is 4. The zero-order valence-corrected chi connectivity index (χ0v) is 40.6. The lowest BCUT2D eigenvalue weighted by Gasteiger charge is -2.11. The molecule has 74 heavy (non-hydrogen) atoms. The van der Waals surface area contributed by atoms with Crippen molar-refractivity contribution in [2.45, 2.75) is 18.8 Å². The third-order valence-corrected chi connectivity index (χ3v) is 13.0. The predicted molar refractivity (Wildman–Crippen MR) is 287 cm³/mol. The Balaban J connectivity index is 0.000000119. The Labute approximate surface area is 429 Å². The van der Waals surface area contributed by atoms with Crippen LogP contribution in [0.15, 0.2) is 210 Å². The summed E-state index contributed by atoms with van der Waals surface area (Å²) in [5, 5.41) is 30.5. The molecule has 6 aromatic carbocycles. The standard InChI is InChI=1S/C22H16FN3.C19H11BrFN3.C19H12FN3O/c23-20-13-24-10-9-18(20)19-12-21(15-6-7-15)25-26-22(19)17-8-5-14-3-1-2-4-16(14)11-17;20-18-10-16(15-7-8-22-11-17(15)21)19(24-23-18)14-6-5-12-3-1-2-4-13(12)9-14;20-17-11-21-8-7-15(17)16-10-18(24)22-23-19(16)14-6-5-12-3-1-2-4-13(12)9-14/h1-5,8-13,15H,6-7H2;1-11H;1-11H,(H,22,24). The lowest BCUT2D eigenvalue weighted by Crippen LogP contribution is -2.09. The molecular formula is C60H39BrF3N9O. The van der Waals surface area contributed by atoms with Gasteiger partial charge in [0.1, 0.15) is 33.4 Å². The van der Waals surface area contributed by atoms with Crippen LogP contribution in [0.2, 0.25) is 0 Å². The third kappa shape index (κ3) is 10.2. The second-order valence-electron chi connectivity index (χ2n) is 17.5. The Morgan fingerprint density at radius 1 is 0.419 bits per heavy atom. The molecule has 6 aromatic heterocycles. The monoisotopic (exact) mass is 1040 g/mol. The largest absolute Gasteiger partial charge is 0.268 e. The average Bonchev–Trinajstić information content (AvgIpc) is 4.30. The first-order chi connectivity index (χ1) is 36.2. The van der Waals surface area contributed by atoms with Crippen LogP contribution >= 0.6 is 15.9 Å². The minimum Gasteiger partial charge on any atom is -0.268 e. The van der Waals surface area contributed by atoms with E-state index in [0.717, 1.165) is 79.3 Å². The highest BCUT2D eigenvalue weighted by atomic mass is 79.9. The summed E-state index contributed by atoms with van der Waals surface area (Å²) >= 11 is 3.32. The van der Waals surface area contributed by atoms with Crippen LogP contribution in [0.3, 0.4) is 0 Å². The van der Waals surface area contributed by atoms with Gasteiger partial charge in [0.2, 0.25) is 0 Å². The molecule has 1 saturated carbocycles. The van der Waals surface area contributed by atoms with Gasteiger partial charge in [-0.3, -0.25) is 19.7 Å². The highest BCUT2D eigenvalue weighted by Gasteiger charge is 2.27. The van der Waals surface area contributed by atoms with Crippen molar-refractivity contribution < 1.29 is 13.2 Å². The number of benzene rings is 6. The number of hydrogen-bond donors (Lipinski definition) is 1. The number of nitrogens with zero attached hydrogens (tertiary/aromatic N) is 8. The molecule has 358 valence electrons. The fraction of sp³-hybridized carbons (Fsp3) is 0.0500. The van der Waals surface area contributed by atoms with Crippen LogP contribution in [-0.4, -0.2) is 45.5 Å². The molecule has 0 spiro atoms. The minimum atomic E-state index is -0.494. The van der Waals surface area contributed by atoms with Gasteiger partial charge in [-0.05, 0) is 110 Å². The summed E-state index contributed by atoms with van der Waals surface area (Å²) in [4.78, 5) is 23.2. The number of rotatable bonds is 7. The summed E-state index contributed by atoms with van der Waals surface area (Å²) in [6.45, 7) is 0. The normalized spacial score (nSPS) is 11.9. The van der Waals surface area contributed by atoms with Crippen LogP contribution in [0.25, 0.3) is 99.5 Å². The van der Waals surface area contributed by atoms with Gasteiger partial charge in [-0.15, -0.1) is 15.3 Å². The Morgan fingerprint density at radius 3 is 1.27 bits per heavy atom. The van der Waals surface area contributed by atoms with Crippen LogP contribution < -0.4 is 5.56 Å². The lowest BCUT2D eigenvalue weighted by molar-refractivity contribution is 0.624. The number of aromatic amines is 1. The summed E-state index contributed by atoms with van der Waals surface area (Å²) in [7, 11) is 0. The van der Waals surface area contributed by atoms with Gasteiger partial charge < -0.3 is 0 Å². The summed E-state index contributed by atoms with van der Waals surface area (Å²) in [6.07, 6.45) is 10.5. The molecule has 12 aromatic rings. The Bertz CT molecular complexity index is 4110. The van der Waals surface area contributed by atoms with Gasteiger partial charge in [0.15, 0.2) is 0 Å². The maximum atomic E-state index is 14.5. The van der Waals surface area contributed by atoms with Crippen LogP contribution in [0.1, 0.15) is 24.5 Å². The van der Waals surface area contributed by atoms with Crippen molar-refractivity contribution in [1.82, 2.24) is 45.5 Å². The predicted octanol–water partition coefficient (Wildman–Crippen LogP) is 14.4. The molecule has 0 bridgehead atoms. The van der Waals surface area contributed by atoms with E-state index in [-0.39, 0.29) is 17.2 Å². The molecule has 1 N–H and O–H groups in total. The quantitative estimate of drug-likeness (QED) is 0.165. The average molecular weight is 1040 g/mol. The number of aromatic nitrogens is 9. The summed E-state index contributed by atoms with van der Waals surface area (Å²) < 4.78 is 43.4. The molecule has 6 heterocycles. The maximum absolute atomic E-state index is 14.5. The van der Waals surface area contributed by atoms with E-state index in [9.17, 15) is 18.0 Å². The zero-order chi connectivity index (χ0) is 50.5. The van der Waals surface area contributed by atoms with E-state index >= 15 is 0 Å². The number of hydrogen-bond acceptors (Lipinski definition) is 9. The van der Waals surface area contributed by atoms with Crippen molar-refractivity contribution in [3.63, 3.8) is 0 Å². The van der Waals surface area contributed by atoms with E-state index in [1.54, 1.807) is 30.6 Å². The molecule has 1 fully saturated rings. The minimum absolute atomic E-state index is 0.298. The molecule has 0 unspecified atom stereocenters. The molecule has 0 atom stereocenters. The summed E-state index contributed by atoms with van der Waals surface area (Å²) in [5.41, 5.74) is 8.19.